The molecule has 1 saturated heterocycles. The van der Waals surface area contributed by atoms with Gasteiger partial charge in [-0.05, 0) is 159 Å². The number of anilines is 1. The number of aromatic nitrogens is 2. The van der Waals surface area contributed by atoms with E-state index in [2.05, 4.69) is 15.3 Å². The summed E-state index contributed by atoms with van der Waals surface area (Å²) in [5.41, 5.74) is 8.77. The van der Waals surface area contributed by atoms with E-state index in [9.17, 15) is 34.5 Å². The van der Waals surface area contributed by atoms with Crippen molar-refractivity contribution in [3.8, 4) is 11.1 Å². The summed E-state index contributed by atoms with van der Waals surface area (Å²) in [6.45, 7) is 6.32. The monoisotopic (exact) mass is 772 g/mol. The number of likely N-dealkylation sites (tertiary alicyclic amines) is 1. The topological polar surface area (TPSA) is 170 Å². The van der Waals surface area contributed by atoms with Crippen LogP contribution in [0.3, 0.4) is 0 Å². The lowest BCUT2D eigenvalue weighted by atomic mass is 9.84. The maximum absolute atomic E-state index is 13.8. The summed E-state index contributed by atoms with van der Waals surface area (Å²) in [5.74, 6) is -1.56. The van der Waals surface area contributed by atoms with Crippen molar-refractivity contribution >= 4 is 29.3 Å². The number of carboxylic acids is 2. The zero-order chi connectivity index (χ0) is 40.4. The van der Waals surface area contributed by atoms with Gasteiger partial charge in [0.25, 0.3) is 5.91 Å². The van der Waals surface area contributed by atoms with Gasteiger partial charge in [0.15, 0.2) is 5.78 Å². The summed E-state index contributed by atoms with van der Waals surface area (Å²) < 4.78 is 0. The predicted molar refractivity (Wildman–Crippen MR) is 217 cm³/mol. The van der Waals surface area contributed by atoms with Crippen LogP contribution >= 0.6 is 0 Å². The molecule has 2 aromatic heterocycles. The van der Waals surface area contributed by atoms with E-state index in [4.69, 9.17) is 0 Å². The minimum Gasteiger partial charge on any atom is -0.481 e. The first kappa shape index (κ1) is 40.0. The van der Waals surface area contributed by atoms with Crippen molar-refractivity contribution in [2.24, 2.45) is 5.41 Å². The SMILES string of the molecule is Cc1c(CC(=O)c2cc(C3CC3)c(CN3CCCC[C@H]3C(=O)O)cn2)cccc1-c1cccc(NC(=O)c2cc(C3CC3)c(CC[C@](C)(CO)C(=O)O)cn2)c1C. The number of benzene rings is 2. The zero-order valence-corrected chi connectivity index (χ0v) is 33.0. The maximum Gasteiger partial charge on any atom is 0.320 e. The summed E-state index contributed by atoms with van der Waals surface area (Å²) >= 11 is 0. The van der Waals surface area contributed by atoms with Crippen LogP contribution in [0.2, 0.25) is 0 Å². The Morgan fingerprint density at radius 3 is 2.11 bits per heavy atom. The van der Waals surface area contributed by atoms with Crippen molar-refractivity contribution in [1.29, 1.82) is 0 Å². The Morgan fingerprint density at radius 1 is 0.807 bits per heavy atom. The standard InChI is InChI=1S/C46H52N4O7/c1-27-31(20-42(52)39-21-37(30-15-16-30)33(24-47-39)25-50-19-5-4-12-41(50)44(54)55)8-6-9-34(27)35-10-7-11-38(28(35)2)49-43(53)40-22-36(29-13-14-29)32(23-48-40)17-18-46(3,26-51)45(56)57/h6-11,21-24,29-30,41,51H,4-5,12-20,25-26H2,1-3H3,(H,49,53)(H,54,55)(H,56,57)/t41-,46+/m0/s1. The van der Waals surface area contributed by atoms with Crippen LogP contribution < -0.4 is 5.32 Å². The number of nitrogens with one attached hydrogen (secondary N) is 1. The highest BCUT2D eigenvalue weighted by atomic mass is 16.4. The van der Waals surface area contributed by atoms with Crippen LogP contribution in [0.15, 0.2) is 60.9 Å². The van der Waals surface area contributed by atoms with Crippen molar-refractivity contribution in [2.45, 2.75) is 109 Å². The average molecular weight is 773 g/mol. The number of carbonyl (C=O) groups is 4. The van der Waals surface area contributed by atoms with Crippen molar-refractivity contribution in [2.75, 3.05) is 18.5 Å². The fourth-order valence-corrected chi connectivity index (χ4v) is 8.19. The summed E-state index contributed by atoms with van der Waals surface area (Å²) in [6.07, 6.45) is 11.0. The molecule has 11 heteroatoms. The van der Waals surface area contributed by atoms with Gasteiger partial charge >= 0.3 is 11.9 Å². The number of aliphatic hydroxyl groups excluding tert-OH is 1. The number of piperidine rings is 1. The number of rotatable bonds is 16. The number of nitrogens with zero attached hydrogens (tertiary/aromatic N) is 3. The van der Waals surface area contributed by atoms with Gasteiger partial charge in [0, 0.05) is 31.0 Å². The molecular formula is C46H52N4O7. The molecule has 3 heterocycles. The van der Waals surface area contributed by atoms with Gasteiger partial charge in [0.1, 0.15) is 17.4 Å². The number of aliphatic carboxylic acids is 2. The quantitative estimate of drug-likeness (QED) is 0.0830. The van der Waals surface area contributed by atoms with Crippen molar-refractivity contribution < 1.29 is 34.5 Å². The number of aliphatic hydroxyl groups is 1. The Morgan fingerprint density at radius 2 is 1.44 bits per heavy atom. The summed E-state index contributed by atoms with van der Waals surface area (Å²) in [4.78, 5) is 62.3. The molecule has 3 aliphatic rings. The van der Waals surface area contributed by atoms with Gasteiger partial charge in [0.2, 0.25) is 0 Å². The summed E-state index contributed by atoms with van der Waals surface area (Å²) in [6, 6.07) is 15.0. The third-order valence-electron chi connectivity index (χ3n) is 12.4. The highest BCUT2D eigenvalue weighted by Crippen LogP contribution is 2.44. The molecule has 7 rings (SSSR count). The molecule has 4 N–H and O–H groups in total. The molecular weight excluding hydrogens is 721 g/mol. The van der Waals surface area contributed by atoms with Gasteiger partial charge in [-0.1, -0.05) is 36.8 Å². The van der Waals surface area contributed by atoms with E-state index in [1.54, 1.807) is 12.4 Å². The molecule has 2 saturated carbocycles. The fourth-order valence-electron chi connectivity index (χ4n) is 8.19. The van der Waals surface area contributed by atoms with Crippen LogP contribution in [0.4, 0.5) is 5.69 Å². The van der Waals surface area contributed by atoms with Crippen molar-refractivity contribution in [3.05, 3.63) is 111 Å². The van der Waals surface area contributed by atoms with Crippen LogP contribution in [-0.4, -0.2) is 73.0 Å². The Balaban J connectivity index is 1.06. The normalized spacial score (nSPS) is 18.1. The second-order valence-corrected chi connectivity index (χ2v) is 16.6. The number of ketones is 1. The van der Waals surface area contributed by atoms with Gasteiger partial charge in [-0.15, -0.1) is 0 Å². The molecule has 0 spiro atoms. The van der Waals surface area contributed by atoms with Crippen LogP contribution in [-0.2, 0) is 29.0 Å². The molecule has 1 amide bonds. The molecule has 0 unspecified atom stereocenters. The van der Waals surface area contributed by atoms with E-state index in [1.165, 1.54) is 6.92 Å². The minimum atomic E-state index is -1.25. The summed E-state index contributed by atoms with van der Waals surface area (Å²) in [7, 11) is 0. The molecule has 2 aromatic carbocycles. The molecule has 11 nitrogen and oxygen atoms in total. The highest BCUT2D eigenvalue weighted by Gasteiger charge is 2.35. The molecule has 1 aliphatic heterocycles. The first-order valence-corrected chi connectivity index (χ1v) is 20.2. The molecule has 3 fully saturated rings. The average Bonchev–Trinajstić information content (AvgIpc) is 4.14. The number of carbonyl (C=O) groups excluding carboxylic acids is 2. The first-order chi connectivity index (χ1) is 27.4. The van der Waals surface area contributed by atoms with Crippen molar-refractivity contribution in [1.82, 2.24) is 14.9 Å². The molecule has 4 aromatic rings. The number of hydrogen-bond acceptors (Lipinski definition) is 8. The van der Waals surface area contributed by atoms with Crippen LogP contribution in [0.25, 0.3) is 11.1 Å². The smallest absolute Gasteiger partial charge is 0.320 e. The van der Waals surface area contributed by atoms with Gasteiger partial charge in [0.05, 0.1) is 12.0 Å². The van der Waals surface area contributed by atoms with Crippen molar-refractivity contribution in [3.63, 3.8) is 0 Å². The molecule has 298 valence electrons. The molecule has 0 radical (unpaired) electrons. The number of amides is 1. The molecule has 2 atom stereocenters. The molecule has 2 aliphatic carbocycles. The van der Waals surface area contributed by atoms with Gasteiger partial charge in [-0.25, -0.2) is 0 Å². The molecule has 57 heavy (non-hydrogen) atoms. The van der Waals surface area contributed by atoms with E-state index in [-0.39, 0.29) is 30.2 Å². The lowest BCUT2D eigenvalue weighted by Crippen LogP contribution is -2.44. The molecule has 0 bridgehead atoms. The second kappa shape index (κ2) is 16.7. The van der Waals surface area contributed by atoms with E-state index < -0.39 is 30.0 Å². The number of Topliss-reactive ketones (excluding diaryl/α,β-unsaturated/α-hetero) is 1. The van der Waals surface area contributed by atoms with Crippen LogP contribution in [0.5, 0.6) is 0 Å². The minimum absolute atomic E-state index is 0.0730. The number of aryl methyl sites for hydroxylation is 1. The predicted octanol–water partition coefficient (Wildman–Crippen LogP) is 7.65. The Labute approximate surface area is 333 Å². The highest BCUT2D eigenvalue weighted by molar-refractivity contribution is 6.04. The number of carboxylic acid groups (broad SMARTS) is 2. The lowest BCUT2D eigenvalue weighted by Gasteiger charge is -2.33. The zero-order valence-electron chi connectivity index (χ0n) is 33.0. The number of pyridine rings is 2. The van der Waals surface area contributed by atoms with Gasteiger partial charge in [-0.3, -0.25) is 34.0 Å². The third-order valence-corrected chi connectivity index (χ3v) is 12.4. The van der Waals surface area contributed by atoms with E-state index >= 15 is 0 Å². The number of hydrogen-bond donors (Lipinski definition) is 4. The van der Waals surface area contributed by atoms with Gasteiger partial charge < -0.3 is 20.6 Å². The van der Waals surface area contributed by atoms with Crippen LogP contribution in [0.1, 0.15) is 130 Å². The van der Waals surface area contributed by atoms with E-state index in [1.807, 2.05) is 67.3 Å². The summed E-state index contributed by atoms with van der Waals surface area (Å²) in [5, 5.41) is 32.2. The van der Waals surface area contributed by atoms with Crippen LogP contribution in [0, 0.1) is 19.3 Å². The lowest BCUT2D eigenvalue weighted by molar-refractivity contribution is -0.150. The Kier molecular flexibility index (Phi) is 11.7. The second-order valence-electron chi connectivity index (χ2n) is 16.6. The first-order valence-electron chi connectivity index (χ1n) is 20.2. The largest absolute Gasteiger partial charge is 0.481 e. The Hall–Kier alpha value is -5.26. The van der Waals surface area contributed by atoms with E-state index in [0.29, 0.717) is 42.6 Å². The Bertz CT molecular complexity index is 2210. The van der Waals surface area contributed by atoms with E-state index in [0.717, 1.165) is 95.1 Å². The fraction of sp³-hybridized carbons (Fsp3) is 0.435. The third kappa shape index (κ3) is 8.84. The maximum atomic E-state index is 13.8. The van der Waals surface area contributed by atoms with Gasteiger partial charge in [-0.2, -0.15) is 0 Å².